The molecule has 6 nitrogen and oxygen atoms in total. The van der Waals surface area contributed by atoms with Crippen LogP contribution in [0.5, 0.6) is 0 Å². The second kappa shape index (κ2) is 9.16. The number of benzene rings is 1. The van der Waals surface area contributed by atoms with Gasteiger partial charge in [-0.25, -0.2) is 0 Å². The maximum absolute atomic E-state index is 12.7. The van der Waals surface area contributed by atoms with Crippen LogP contribution in [0.15, 0.2) is 24.3 Å². The summed E-state index contributed by atoms with van der Waals surface area (Å²) >= 11 is 0. The molecule has 1 aromatic carbocycles. The molecule has 0 aromatic heterocycles. The van der Waals surface area contributed by atoms with Crippen molar-refractivity contribution in [3.8, 4) is 0 Å². The van der Waals surface area contributed by atoms with Gasteiger partial charge in [0.2, 0.25) is 11.8 Å². The maximum atomic E-state index is 12.7. The quantitative estimate of drug-likeness (QED) is 0.689. The van der Waals surface area contributed by atoms with Gasteiger partial charge in [0, 0.05) is 45.0 Å². The number of amides is 2. The fraction of sp³-hybridized carbons (Fsp3) is 0.652. The van der Waals surface area contributed by atoms with Gasteiger partial charge in [0.25, 0.3) is 0 Å². The number of nitrogens with zero attached hydrogens (tertiary/aromatic N) is 4. The summed E-state index contributed by atoms with van der Waals surface area (Å²) in [5, 5.41) is 0. The zero-order valence-corrected chi connectivity index (χ0v) is 17.7. The Hall–Kier alpha value is -2.08. The summed E-state index contributed by atoms with van der Waals surface area (Å²) in [6.07, 6.45) is 4.99. The molecule has 2 amide bonds. The lowest BCUT2D eigenvalue weighted by Crippen LogP contribution is -2.61. The van der Waals surface area contributed by atoms with Crippen LogP contribution in [0.2, 0.25) is 0 Å². The smallest absolute Gasteiger partial charge is 0.245 e. The highest BCUT2D eigenvalue weighted by atomic mass is 16.2. The molecule has 0 unspecified atom stereocenters. The van der Waals surface area contributed by atoms with Gasteiger partial charge in [0.05, 0.1) is 6.54 Å². The van der Waals surface area contributed by atoms with Crippen molar-refractivity contribution in [3.05, 3.63) is 29.8 Å². The standard InChI is InChI=1S/C23H34N4O2/c1-19-8-2-3-9-20(19)25-16-14-24(15-17-25)11-6-7-12-26-18-22(28)27-13-5-4-10-21(27)23(26)29/h2-3,8-9,21H,4-7,10-18H2,1H3/t21-/m0/s1. The minimum atomic E-state index is -0.181. The van der Waals surface area contributed by atoms with E-state index in [1.165, 1.54) is 11.3 Å². The topological polar surface area (TPSA) is 47.1 Å². The first kappa shape index (κ1) is 20.2. The second-order valence-corrected chi connectivity index (χ2v) is 8.68. The highest BCUT2D eigenvalue weighted by molar-refractivity contribution is 5.95. The number of hydrogen-bond donors (Lipinski definition) is 0. The molecule has 3 heterocycles. The van der Waals surface area contributed by atoms with E-state index in [0.717, 1.165) is 77.9 Å². The first-order chi connectivity index (χ1) is 14.1. The highest BCUT2D eigenvalue weighted by Gasteiger charge is 2.39. The van der Waals surface area contributed by atoms with E-state index in [1.54, 1.807) is 0 Å². The van der Waals surface area contributed by atoms with E-state index in [4.69, 9.17) is 0 Å². The van der Waals surface area contributed by atoms with E-state index < -0.39 is 0 Å². The highest BCUT2D eigenvalue weighted by Crippen LogP contribution is 2.24. The van der Waals surface area contributed by atoms with Crippen LogP contribution in [0.3, 0.4) is 0 Å². The maximum Gasteiger partial charge on any atom is 0.245 e. The molecule has 158 valence electrons. The lowest BCUT2D eigenvalue weighted by molar-refractivity contribution is -0.157. The first-order valence-corrected chi connectivity index (χ1v) is 11.2. The molecule has 3 aliphatic rings. The zero-order valence-electron chi connectivity index (χ0n) is 17.7. The number of anilines is 1. The number of unbranched alkanes of at least 4 members (excludes halogenated alkanes) is 1. The number of carbonyl (C=O) groups excluding carboxylic acids is 2. The number of piperidine rings is 1. The van der Waals surface area contributed by atoms with Crippen LogP contribution >= 0.6 is 0 Å². The molecule has 0 N–H and O–H groups in total. The molecule has 0 spiro atoms. The van der Waals surface area contributed by atoms with E-state index in [-0.39, 0.29) is 24.4 Å². The predicted molar refractivity (Wildman–Crippen MR) is 115 cm³/mol. The summed E-state index contributed by atoms with van der Waals surface area (Å²) in [6.45, 7) is 9.34. The molecular formula is C23H34N4O2. The molecule has 3 fully saturated rings. The Morgan fingerprint density at radius 2 is 1.69 bits per heavy atom. The van der Waals surface area contributed by atoms with Crippen molar-refractivity contribution in [2.75, 3.05) is 57.3 Å². The number of aryl methyl sites for hydroxylation is 1. The normalized spacial score (nSPS) is 23.5. The van der Waals surface area contributed by atoms with Crippen molar-refractivity contribution in [3.63, 3.8) is 0 Å². The molecule has 0 saturated carbocycles. The van der Waals surface area contributed by atoms with Gasteiger partial charge in [0.1, 0.15) is 6.04 Å². The van der Waals surface area contributed by atoms with E-state index in [1.807, 2.05) is 9.80 Å². The average molecular weight is 399 g/mol. The Morgan fingerprint density at radius 3 is 2.48 bits per heavy atom. The Bertz CT molecular complexity index is 729. The van der Waals surface area contributed by atoms with Gasteiger partial charge in [-0.15, -0.1) is 0 Å². The lowest BCUT2D eigenvalue weighted by atomic mass is 9.98. The van der Waals surface area contributed by atoms with Gasteiger partial charge in [-0.3, -0.25) is 14.5 Å². The molecule has 4 rings (SSSR count). The van der Waals surface area contributed by atoms with Crippen molar-refractivity contribution in [1.82, 2.24) is 14.7 Å². The molecule has 1 aromatic rings. The Kier molecular flexibility index (Phi) is 6.38. The summed E-state index contributed by atoms with van der Waals surface area (Å²) in [4.78, 5) is 33.7. The monoisotopic (exact) mass is 398 g/mol. The molecule has 3 aliphatic heterocycles. The van der Waals surface area contributed by atoms with Crippen LogP contribution < -0.4 is 4.90 Å². The molecule has 6 heteroatoms. The summed E-state index contributed by atoms with van der Waals surface area (Å²) < 4.78 is 0. The van der Waals surface area contributed by atoms with Crippen molar-refractivity contribution >= 4 is 17.5 Å². The lowest BCUT2D eigenvalue weighted by Gasteiger charge is -2.42. The Morgan fingerprint density at radius 1 is 0.931 bits per heavy atom. The van der Waals surface area contributed by atoms with E-state index in [0.29, 0.717) is 0 Å². The van der Waals surface area contributed by atoms with Gasteiger partial charge in [0.15, 0.2) is 0 Å². The number of para-hydroxylation sites is 1. The van der Waals surface area contributed by atoms with Crippen LogP contribution in [0.25, 0.3) is 0 Å². The third-order valence-corrected chi connectivity index (χ3v) is 6.73. The third-order valence-electron chi connectivity index (χ3n) is 6.73. The van der Waals surface area contributed by atoms with Crippen molar-refractivity contribution < 1.29 is 9.59 Å². The molecule has 0 aliphatic carbocycles. The second-order valence-electron chi connectivity index (χ2n) is 8.68. The largest absolute Gasteiger partial charge is 0.369 e. The molecule has 1 atom stereocenters. The van der Waals surface area contributed by atoms with Crippen LogP contribution in [0.1, 0.15) is 37.7 Å². The van der Waals surface area contributed by atoms with Crippen molar-refractivity contribution in [1.29, 1.82) is 0 Å². The number of hydrogen-bond acceptors (Lipinski definition) is 4. The van der Waals surface area contributed by atoms with Crippen molar-refractivity contribution in [2.24, 2.45) is 0 Å². The van der Waals surface area contributed by atoms with Gasteiger partial charge < -0.3 is 14.7 Å². The van der Waals surface area contributed by atoms with Crippen molar-refractivity contribution in [2.45, 2.75) is 45.1 Å². The van der Waals surface area contributed by atoms with E-state index >= 15 is 0 Å². The molecule has 0 bridgehead atoms. The van der Waals surface area contributed by atoms with Gasteiger partial charge in [-0.2, -0.15) is 0 Å². The molecule has 3 saturated heterocycles. The fourth-order valence-corrected chi connectivity index (χ4v) is 4.99. The minimum Gasteiger partial charge on any atom is -0.369 e. The van der Waals surface area contributed by atoms with E-state index in [9.17, 15) is 9.59 Å². The summed E-state index contributed by atoms with van der Waals surface area (Å²) in [5.74, 6) is 0.317. The molecular weight excluding hydrogens is 364 g/mol. The Balaban J connectivity index is 1.17. The summed E-state index contributed by atoms with van der Waals surface area (Å²) in [5.41, 5.74) is 2.70. The summed E-state index contributed by atoms with van der Waals surface area (Å²) in [6, 6.07) is 8.44. The summed E-state index contributed by atoms with van der Waals surface area (Å²) in [7, 11) is 0. The van der Waals surface area contributed by atoms with Gasteiger partial charge >= 0.3 is 0 Å². The SMILES string of the molecule is Cc1ccccc1N1CCN(CCCCN2CC(=O)N3CCCC[C@H]3C2=O)CC1. The van der Waals surface area contributed by atoms with Crippen LogP contribution in [-0.2, 0) is 9.59 Å². The van der Waals surface area contributed by atoms with Crippen LogP contribution in [0, 0.1) is 6.92 Å². The zero-order chi connectivity index (χ0) is 20.2. The number of carbonyl (C=O) groups is 2. The first-order valence-electron chi connectivity index (χ1n) is 11.2. The van der Waals surface area contributed by atoms with Crippen LogP contribution in [-0.4, -0.2) is 84.9 Å². The number of fused-ring (bicyclic) bond motifs is 1. The minimum absolute atomic E-state index is 0.140. The van der Waals surface area contributed by atoms with E-state index in [2.05, 4.69) is 41.0 Å². The Labute approximate surface area is 174 Å². The van der Waals surface area contributed by atoms with Gasteiger partial charge in [-0.1, -0.05) is 18.2 Å². The average Bonchev–Trinajstić information content (AvgIpc) is 2.75. The third kappa shape index (κ3) is 4.58. The molecule has 29 heavy (non-hydrogen) atoms. The number of rotatable bonds is 6. The molecule has 0 radical (unpaired) electrons. The van der Waals surface area contributed by atoms with Gasteiger partial charge in [-0.05, 0) is 57.2 Å². The number of piperazine rings is 2. The van der Waals surface area contributed by atoms with Crippen LogP contribution in [0.4, 0.5) is 5.69 Å². The fourth-order valence-electron chi connectivity index (χ4n) is 4.99. The predicted octanol–water partition coefficient (Wildman–Crippen LogP) is 2.12.